The summed E-state index contributed by atoms with van der Waals surface area (Å²) >= 11 is 0. The van der Waals surface area contributed by atoms with Crippen LogP contribution >= 0.6 is 0 Å². The number of alkyl carbamates (subject to hydrolysis) is 1. The predicted molar refractivity (Wildman–Crippen MR) is 42.3 cm³/mol. The SMILES string of the molecule is CCC(CC)C1CNC(=O)O1. The Morgan fingerprint density at radius 1 is 1.64 bits per heavy atom. The lowest BCUT2D eigenvalue weighted by atomic mass is 9.97. The first-order valence-corrected chi connectivity index (χ1v) is 4.22. The van der Waals surface area contributed by atoms with Crippen molar-refractivity contribution in [1.82, 2.24) is 5.32 Å². The second-order valence-corrected chi connectivity index (χ2v) is 2.90. The van der Waals surface area contributed by atoms with Gasteiger partial charge in [0.1, 0.15) is 6.10 Å². The highest BCUT2D eigenvalue weighted by Gasteiger charge is 2.28. The maximum Gasteiger partial charge on any atom is 0.407 e. The zero-order valence-corrected chi connectivity index (χ0v) is 7.09. The van der Waals surface area contributed by atoms with E-state index >= 15 is 0 Å². The Bertz CT molecular complexity index is 143. The maximum absolute atomic E-state index is 10.7. The van der Waals surface area contributed by atoms with Crippen LogP contribution < -0.4 is 5.32 Å². The van der Waals surface area contributed by atoms with E-state index in [1.54, 1.807) is 0 Å². The summed E-state index contributed by atoms with van der Waals surface area (Å²) < 4.78 is 5.06. The van der Waals surface area contributed by atoms with Crippen molar-refractivity contribution in [3.8, 4) is 0 Å². The van der Waals surface area contributed by atoms with Crippen molar-refractivity contribution in [2.75, 3.05) is 6.54 Å². The molecule has 0 aromatic rings. The minimum Gasteiger partial charge on any atom is -0.444 e. The van der Waals surface area contributed by atoms with Crippen LogP contribution in [-0.4, -0.2) is 18.7 Å². The van der Waals surface area contributed by atoms with Crippen molar-refractivity contribution < 1.29 is 9.53 Å². The van der Waals surface area contributed by atoms with Crippen LogP contribution in [0.15, 0.2) is 0 Å². The highest BCUT2D eigenvalue weighted by Crippen LogP contribution is 2.18. The number of ether oxygens (including phenoxy) is 1. The van der Waals surface area contributed by atoms with E-state index in [9.17, 15) is 4.79 Å². The summed E-state index contributed by atoms with van der Waals surface area (Å²) in [4.78, 5) is 10.7. The molecule has 1 saturated heterocycles. The van der Waals surface area contributed by atoms with Crippen molar-refractivity contribution in [3.63, 3.8) is 0 Å². The zero-order chi connectivity index (χ0) is 8.27. The fraction of sp³-hybridized carbons (Fsp3) is 0.875. The van der Waals surface area contributed by atoms with Crippen LogP contribution in [0.4, 0.5) is 4.79 Å². The Hall–Kier alpha value is -0.730. The van der Waals surface area contributed by atoms with Crippen molar-refractivity contribution in [1.29, 1.82) is 0 Å². The summed E-state index contributed by atoms with van der Waals surface area (Å²) in [6.45, 7) is 4.94. The minimum absolute atomic E-state index is 0.109. The van der Waals surface area contributed by atoms with Crippen molar-refractivity contribution in [2.24, 2.45) is 5.92 Å². The van der Waals surface area contributed by atoms with Crippen LogP contribution in [0.5, 0.6) is 0 Å². The normalized spacial score (nSPS) is 23.5. The molecule has 0 bridgehead atoms. The van der Waals surface area contributed by atoms with Gasteiger partial charge in [-0.15, -0.1) is 0 Å². The van der Waals surface area contributed by atoms with Gasteiger partial charge in [-0.05, 0) is 18.8 Å². The summed E-state index contributed by atoms with van der Waals surface area (Å²) in [5, 5.41) is 2.66. The number of hydrogen-bond donors (Lipinski definition) is 1. The molecule has 0 saturated carbocycles. The van der Waals surface area contributed by atoms with Crippen molar-refractivity contribution >= 4 is 6.09 Å². The molecule has 11 heavy (non-hydrogen) atoms. The molecule has 64 valence electrons. The van der Waals surface area contributed by atoms with E-state index in [1.807, 2.05) is 0 Å². The van der Waals surface area contributed by atoms with E-state index in [1.165, 1.54) is 0 Å². The second kappa shape index (κ2) is 3.60. The highest BCUT2D eigenvalue weighted by molar-refractivity contribution is 5.69. The summed E-state index contributed by atoms with van der Waals surface area (Å²) in [6.07, 6.45) is 2.01. The molecule has 1 aliphatic rings. The third-order valence-electron chi connectivity index (χ3n) is 2.28. The lowest BCUT2D eigenvalue weighted by molar-refractivity contribution is 0.101. The number of amides is 1. The van der Waals surface area contributed by atoms with Crippen LogP contribution in [-0.2, 0) is 4.74 Å². The smallest absolute Gasteiger partial charge is 0.407 e. The highest BCUT2D eigenvalue weighted by atomic mass is 16.6. The molecule has 1 rings (SSSR count). The monoisotopic (exact) mass is 157 g/mol. The van der Waals surface area contributed by atoms with Crippen LogP contribution in [0.25, 0.3) is 0 Å². The van der Waals surface area contributed by atoms with E-state index in [2.05, 4.69) is 19.2 Å². The van der Waals surface area contributed by atoms with Gasteiger partial charge in [0.2, 0.25) is 0 Å². The predicted octanol–water partition coefficient (Wildman–Crippen LogP) is 1.53. The molecule has 3 heteroatoms. The summed E-state index contributed by atoms with van der Waals surface area (Å²) in [7, 11) is 0. The Morgan fingerprint density at radius 3 is 2.64 bits per heavy atom. The maximum atomic E-state index is 10.7. The standard InChI is InChI=1S/C8H15NO2/c1-3-6(4-2)7-5-9-8(10)11-7/h6-7H,3-5H2,1-2H3,(H,9,10). The summed E-state index contributed by atoms with van der Waals surface area (Å²) in [5.41, 5.74) is 0. The topological polar surface area (TPSA) is 38.3 Å². The molecular formula is C8H15NO2. The van der Waals surface area contributed by atoms with Crippen molar-refractivity contribution in [3.05, 3.63) is 0 Å². The first-order valence-electron chi connectivity index (χ1n) is 4.22. The van der Waals surface area contributed by atoms with Gasteiger partial charge in [0.15, 0.2) is 0 Å². The summed E-state index contributed by atoms with van der Waals surface area (Å²) in [5.74, 6) is 0.522. The third kappa shape index (κ3) is 1.85. The molecule has 1 unspecified atom stereocenters. The number of hydrogen-bond acceptors (Lipinski definition) is 2. The Labute approximate surface area is 67.1 Å². The fourth-order valence-electron chi connectivity index (χ4n) is 1.48. The molecule has 1 aliphatic heterocycles. The summed E-state index contributed by atoms with van der Waals surface area (Å²) in [6, 6.07) is 0. The minimum atomic E-state index is -0.262. The fourth-order valence-corrected chi connectivity index (χ4v) is 1.48. The quantitative estimate of drug-likeness (QED) is 0.674. The molecule has 0 spiro atoms. The molecule has 1 heterocycles. The van der Waals surface area contributed by atoms with Gasteiger partial charge in [0.05, 0.1) is 6.54 Å². The van der Waals surface area contributed by atoms with Gasteiger partial charge in [0, 0.05) is 0 Å². The third-order valence-corrected chi connectivity index (χ3v) is 2.28. The van der Waals surface area contributed by atoms with Crippen molar-refractivity contribution in [2.45, 2.75) is 32.8 Å². The van der Waals surface area contributed by atoms with Gasteiger partial charge in [-0.2, -0.15) is 0 Å². The van der Waals surface area contributed by atoms with Gasteiger partial charge in [0.25, 0.3) is 0 Å². The number of rotatable bonds is 3. The molecule has 3 nitrogen and oxygen atoms in total. The second-order valence-electron chi connectivity index (χ2n) is 2.90. The van der Waals surface area contributed by atoms with Gasteiger partial charge in [-0.25, -0.2) is 4.79 Å². The lowest BCUT2D eigenvalue weighted by Gasteiger charge is -2.17. The first-order chi connectivity index (χ1) is 5.27. The zero-order valence-electron chi connectivity index (χ0n) is 7.09. The lowest BCUT2D eigenvalue weighted by Crippen LogP contribution is -2.23. The largest absolute Gasteiger partial charge is 0.444 e. The Kier molecular flexibility index (Phi) is 2.74. The number of carbonyl (C=O) groups excluding carboxylic acids is 1. The molecule has 1 amide bonds. The van der Waals surface area contributed by atoms with E-state index in [4.69, 9.17) is 4.74 Å². The number of cyclic esters (lactones) is 1. The van der Waals surface area contributed by atoms with Crippen LogP contribution in [0.2, 0.25) is 0 Å². The Morgan fingerprint density at radius 2 is 2.27 bits per heavy atom. The van der Waals surface area contributed by atoms with E-state index in [-0.39, 0.29) is 12.2 Å². The van der Waals surface area contributed by atoms with Crippen LogP contribution in [0, 0.1) is 5.92 Å². The average Bonchev–Trinajstić information content (AvgIpc) is 2.39. The molecule has 0 radical (unpaired) electrons. The van der Waals surface area contributed by atoms with E-state index in [0.29, 0.717) is 12.5 Å². The van der Waals surface area contributed by atoms with Gasteiger partial charge in [-0.3, -0.25) is 0 Å². The van der Waals surface area contributed by atoms with Gasteiger partial charge < -0.3 is 10.1 Å². The van der Waals surface area contributed by atoms with Gasteiger partial charge in [-0.1, -0.05) is 13.8 Å². The molecule has 1 fully saturated rings. The van der Waals surface area contributed by atoms with E-state index < -0.39 is 0 Å². The first kappa shape index (κ1) is 8.37. The van der Waals surface area contributed by atoms with E-state index in [0.717, 1.165) is 12.8 Å². The van der Waals surface area contributed by atoms with Crippen LogP contribution in [0.3, 0.4) is 0 Å². The Balaban J connectivity index is 2.40. The molecule has 1 atom stereocenters. The van der Waals surface area contributed by atoms with Crippen LogP contribution in [0.1, 0.15) is 26.7 Å². The molecule has 1 N–H and O–H groups in total. The molecular weight excluding hydrogens is 142 g/mol. The molecule has 0 aromatic heterocycles. The van der Waals surface area contributed by atoms with Gasteiger partial charge >= 0.3 is 6.09 Å². The average molecular weight is 157 g/mol. The molecule has 0 aliphatic carbocycles. The number of carbonyl (C=O) groups is 1. The molecule has 0 aromatic carbocycles. The number of nitrogens with one attached hydrogen (secondary N) is 1.